The summed E-state index contributed by atoms with van der Waals surface area (Å²) >= 11 is 6.19. The van der Waals surface area contributed by atoms with Crippen molar-refractivity contribution < 1.29 is 9.84 Å². The number of aliphatic hydroxyl groups excluding tert-OH is 1. The molecule has 5 nitrogen and oxygen atoms in total. The van der Waals surface area contributed by atoms with Crippen molar-refractivity contribution in [1.82, 2.24) is 14.7 Å². The van der Waals surface area contributed by atoms with Crippen LogP contribution in [0.25, 0.3) is 0 Å². The fraction of sp³-hybridized carbons (Fsp3) is 0.786. The van der Waals surface area contributed by atoms with Gasteiger partial charge in [0.1, 0.15) is 12.2 Å². The van der Waals surface area contributed by atoms with Gasteiger partial charge in [-0.25, -0.2) is 0 Å². The molecule has 20 heavy (non-hydrogen) atoms. The number of aromatic nitrogens is 2. The van der Waals surface area contributed by atoms with E-state index in [2.05, 4.69) is 16.9 Å². The number of morpholine rings is 1. The zero-order chi connectivity index (χ0) is 14.1. The highest BCUT2D eigenvalue weighted by molar-refractivity contribution is 6.31. The smallest absolute Gasteiger partial charge is 0.124 e. The molecule has 3 atom stereocenters. The Morgan fingerprint density at radius 3 is 3.25 bits per heavy atom. The number of halogens is 1. The first-order valence-electron chi connectivity index (χ1n) is 7.45. The van der Waals surface area contributed by atoms with Gasteiger partial charge in [-0.1, -0.05) is 18.5 Å². The molecule has 0 amide bonds. The van der Waals surface area contributed by atoms with Crippen LogP contribution >= 0.6 is 11.6 Å². The Labute approximate surface area is 124 Å². The minimum Gasteiger partial charge on any atom is -0.384 e. The standard InChI is InChI=1S/C14H22ClN3O2/c1-2-5-18-13(11(15)7-16-18)14(19)12-8-17-6-3-4-10(17)9-20-12/h7,10,12,14,19H,2-6,8-9H2,1H3. The molecular weight excluding hydrogens is 278 g/mol. The number of nitrogens with zero attached hydrogens (tertiary/aromatic N) is 3. The summed E-state index contributed by atoms with van der Waals surface area (Å²) in [4.78, 5) is 2.42. The molecule has 3 rings (SSSR count). The Hall–Kier alpha value is -0.620. The highest BCUT2D eigenvalue weighted by Crippen LogP contribution is 2.31. The van der Waals surface area contributed by atoms with Gasteiger partial charge in [0.05, 0.1) is 23.5 Å². The molecule has 2 saturated heterocycles. The number of hydrogen-bond acceptors (Lipinski definition) is 4. The molecular formula is C14H22ClN3O2. The van der Waals surface area contributed by atoms with E-state index >= 15 is 0 Å². The minimum absolute atomic E-state index is 0.214. The number of aryl methyl sites for hydroxylation is 1. The lowest BCUT2D eigenvalue weighted by atomic mass is 10.1. The van der Waals surface area contributed by atoms with Crippen molar-refractivity contribution in [3.63, 3.8) is 0 Å². The summed E-state index contributed by atoms with van der Waals surface area (Å²) < 4.78 is 7.67. The average molecular weight is 300 g/mol. The topological polar surface area (TPSA) is 50.5 Å². The SMILES string of the molecule is CCCn1ncc(Cl)c1C(O)C1CN2CCCC2CO1. The lowest BCUT2D eigenvalue weighted by Crippen LogP contribution is -2.48. The maximum atomic E-state index is 10.6. The quantitative estimate of drug-likeness (QED) is 0.922. The van der Waals surface area contributed by atoms with E-state index in [0.717, 1.165) is 26.1 Å². The van der Waals surface area contributed by atoms with Crippen LogP contribution in [0.5, 0.6) is 0 Å². The van der Waals surface area contributed by atoms with Crippen LogP contribution in [-0.4, -0.2) is 51.6 Å². The summed E-state index contributed by atoms with van der Waals surface area (Å²) in [5.74, 6) is 0. The first kappa shape index (κ1) is 14.3. The van der Waals surface area contributed by atoms with Gasteiger partial charge >= 0.3 is 0 Å². The van der Waals surface area contributed by atoms with Crippen molar-refractivity contribution in [1.29, 1.82) is 0 Å². The highest BCUT2D eigenvalue weighted by Gasteiger charge is 2.37. The Morgan fingerprint density at radius 2 is 2.45 bits per heavy atom. The Balaban J connectivity index is 1.75. The summed E-state index contributed by atoms with van der Waals surface area (Å²) in [6.45, 7) is 5.44. The van der Waals surface area contributed by atoms with Crippen molar-refractivity contribution >= 4 is 11.6 Å². The van der Waals surface area contributed by atoms with Gasteiger partial charge in [-0.3, -0.25) is 9.58 Å². The maximum Gasteiger partial charge on any atom is 0.124 e. The van der Waals surface area contributed by atoms with Gasteiger partial charge in [0, 0.05) is 19.1 Å². The van der Waals surface area contributed by atoms with Crippen LogP contribution in [0.1, 0.15) is 38.0 Å². The van der Waals surface area contributed by atoms with Crippen LogP contribution < -0.4 is 0 Å². The molecule has 1 aromatic heterocycles. The molecule has 3 heterocycles. The van der Waals surface area contributed by atoms with Crippen molar-refractivity contribution in [2.75, 3.05) is 19.7 Å². The molecule has 1 N–H and O–H groups in total. The monoisotopic (exact) mass is 299 g/mol. The molecule has 2 fully saturated rings. The number of aliphatic hydroxyl groups is 1. The van der Waals surface area contributed by atoms with E-state index in [-0.39, 0.29) is 6.10 Å². The van der Waals surface area contributed by atoms with E-state index in [1.54, 1.807) is 10.9 Å². The van der Waals surface area contributed by atoms with Crippen LogP contribution in [0.15, 0.2) is 6.20 Å². The van der Waals surface area contributed by atoms with Gasteiger partial charge in [-0.2, -0.15) is 5.10 Å². The molecule has 3 unspecified atom stereocenters. The minimum atomic E-state index is -0.710. The second-order valence-corrected chi connectivity index (χ2v) is 6.12. The van der Waals surface area contributed by atoms with Gasteiger partial charge in [0.15, 0.2) is 0 Å². The molecule has 0 radical (unpaired) electrons. The van der Waals surface area contributed by atoms with Gasteiger partial charge < -0.3 is 9.84 Å². The second kappa shape index (κ2) is 6.02. The molecule has 2 aliphatic heterocycles. The van der Waals surface area contributed by atoms with E-state index in [0.29, 0.717) is 23.4 Å². The zero-order valence-electron chi connectivity index (χ0n) is 11.8. The molecule has 0 aliphatic carbocycles. The third-order valence-electron chi connectivity index (χ3n) is 4.32. The molecule has 2 aliphatic rings. The van der Waals surface area contributed by atoms with E-state index < -0.39 is 6.10 Å². The third kappa shape index (κ3) is 2.60. The van der Waals surface area contributed by atoms with Crippen molar-refractivity contribution in [3.8, 4) is 0 Å². The fourth-order valence-corrected chi connectivity index (χ4v) is 3.52. The van der Waals surface area contributed by atoms with E-state index in [1.807, 2.05) is 0 Å². The van der Waals surface area contributed by atoms with Crippen LogP contribution in [0.2, 0.25) is 5.02 Å². The number of ether oxygens (including phenoxy) is 1. The van der Waals surface area contributed by atoms with Crippen molar-refractivity contribution in [2.45, 2.75) is 51.0 Å². The van der Waals surface area contributed by atoms with Gasteiger partial charge in [-0.05, 0) is 25.8 Å². The summed E-state index contributed by atoms with van der Waals surface area (Å²) in [5, 5.41) is 15.4. The summed E-state index contributed by atoms with van der Waals surface area (Å²) in [6.07, 6.45) is 4.07. The average Bonchev–Trinajstić information content (AvgIpc) is 3.04. The first-order chi connectivity index (χ1) is 9.70. The highest BCUT2D eigenvalue weighted by atomic mass is 35.5. The molecule has 6 heteroatoms. The van der Waals surface area contributed by atoms with E-state index in [4.69, 9.17) is 16.3 Å². The van der Waals surface area contributed by atoms with E-state index in [1.165, 1.54) is 12.8 Å². The summed E-state index contributed by atoms with van der Waals surface area (Å²) in [7, 11) is 0. The summed E-state index contributed by atoms with van der Waals surface area (Å²) in [6, 6.07) is 0.537. The molecule has 0 saturated carbocycles. The second-order valence-electron chi connectivity index (χ2n) is 5.71. The molecule has 1 aromatic rings. The maximum absolute atomic E-state index is 10.6. The predicted molar refractivity (Wildman–Crippen MR) is 76.8 cm³/mol. The fourth-order valence-electron chi connectivity index (χ4n) is 3.27. The lowest BCUT2D eigenvalue weighted by Gasteiger charge is -2.37. The normalized spacial score (nSPS) is 28.6. The number of fused-ring (bicyclic) bond motifs is 1. The zero-order valence-corrected chi connectivity index (χ0v) is 12.6. The van der Waals surface area contributed by atoms with Crippen molar-refractivity contribution in [2.24, 2.45) is 0 Å². The van der Waals surface area contributed by atoms with Gasteiger partial charge in [-0.15, -0.1) is 0 Å². The Morgan fingerprint density at radius 1 is 1.60 bits per heavy atom. The van der Waals surface area contributed by atoms with Crippen LogP contribution in [0.3, 0.4) is 0 Å². The molecule has 112 valence electrons. The lowest BCUT2D eigenvalue weighted by molar-refractivity contribution is -0.105. The Bertz CT molecular complexity index is 465. The van der Waals surface area contributed by atoms with Crippen molar-refractivity contribution in [3.05, 3.63) is 16.9 Å². The summed E-state index contributed by atoms with van der Waals surface area (Å²) in [5.41, 5.74) is 0.691. The predicted octanol–water partition coefficient (Wildman–Crippen LogP) is 1.84. The molecule has 0 aromatic carbocycles. The number of hydrogen-bond donors (Lipinski definition) is 1. The van der Waals surface area contributed by atoms with Crippen LogP contribution in [0, 0.1) is 0 Å². The largest absolute Gasteiger partial charge is 0.384 e. The molecule has 0 spiro atoms. The Kier molecular flexibility index (Phi) is 4.31. The molecule has 0 bridgehead atoms. The van der Waals surface area contributed by atoms with Gasteiger partial charge in [0.25, 0.3) is 0 Å². The van der Waals surface area contributed by atoms with Crippen LogP contribution in [0.4, 0.5) is 0 Å². The van der Waals surface area contributed by atoms with E-state index in [9.17, 15) is 5.11 Å². The third-order valence-corrected chi connectivity index (χ3v) is 4.61. The van der Waals surface area contributed by atoms with Gasteiger partial charge in [0.2, 0.25) is 0 Å². The first-order valence-corrected chi connectivity index (χ1v) is 7.83. The number of rotatable bonds is 4. The van der Waals surface area contributed by atoms with Crippen LogP contribution in [-0.2, 0) is 11.3 Å².